The Morgan fingerprint density at radius 2 is 2.33 bits per heavy atom. The third-order valence-corrected chi connectivity index (χ3v) is 1.75. The maximum atomic E-state index is 9.69. The molecule has 0 atom stereocenters. The SMILES string of the molecule is NCCSCCNC=O. The Morgan fingerprint density at radius 1 is 1.56 bits per heavy atom. The summed E-state index contributed by atoms with van der Waals surface area (Å²) >= 11 is 1.75. The largest absolute Gasteiger partial charge is 0.358 e. The second-order valence-electron chi connectivity index (χ2n) is 1.47. The lowest BCUT2D eigenvalue weighted by molar-refractivity contribution is -0.109. The minimum atomic E-state index is 0.711. The molecule has 0 unspecified atom stereocenters. The van der Waals surface area contributed by atoms with Gasteiger partial charge >= 0.3 is 0 Å². The Labute approximate surface area is 59.4 Å². The van der Waals surface area contributed by atoms with Crippen LogP contribution in [0.5, 0.6) is 0 Å². The van der Waals surface area contributed by atoms with Gasteiger partial charge < -0.3 is 11.1 Å². The highest BCUT2D eigenvalue weighted by Crippen LogP contribution is 1.94. The van der Waals surface area contributed by atoms with Crippen LogP contribution in [0.4, 0.5) is 0 Å². The molecule has 0 rings (SSSR count). The summed E-state index contributed by atoms with van der Waals surface area (Å²) in [7, 11) is 0. The van der Waals surface area contributed by atoms with Crippen LogP contribution in [0.2, 0.25) is 0 Å². The van der Waals surface area contributed by atoms with E-state index >= 15 is 0 Å². The first kappa shape index (κ1) is 8.78. The number of nitrogens with two attached hydrogens (primary N) is 1. The van der Waals surface area contributed by atoms with Crippen LogP contribution in [0.1, 0.15) is 0 Å². The summed E-state index contributed by atoms with van der Waals surface area (Å²) in [5, 5.41) is 2.56. The van der Waals surface area contributed by atoms with Gasteiger partial charge in [0.1, 0.15) is 0 Å². The van der Waals surface area contributed by atoms with Crippen molar-refractivity contribution in [2.45, 2.75) is 0 Å². The van der Waals surface area contributed by atoms with Crippen LogP contribution >= 0.6 is 11.8 Å². The normalized spacial score (nSPS) is 9.00. The van der Waals surface area contributed by atoms with Crippen molar-refractivity contribution in [1.82, 2.24) is 5.32 Å². The van der Waals surface area contributed by atoms with Gasteiger partial charge in [-0.15, -0.1) is 0 Å². The standard InChI is InChI=1S/C5H12N2OS/c6-1-3-9-4-2-7-5-8/h5H,1-4,6H2,(H,7,8). The van der Waals surface area contributed by atoms with E-state index in [1.165, 1.54) is 0 Å². The first-order chi connectivity index (χ1) is 4.41. The lowest BCUT2D eigenvalue weighted by Crippen LogP contribution is -2.15. The number of carbonyl (C=O) groups excluding carboxylic acids is 1. The van der Waals surface area contributed by atoms with Gasteiger partial charge in [0.05, 0.1) is 0 Å². The average molecular weight is 148 g/mol. The van der Waals surface area contributed by atoms with Crippen molar-refractivity contribution in [2.24, 2.45) is 5.73 Å². The Morgan fingerprint density at radius 3 is 2.89 bits per heavy atom. The third kappa shape index (κ3) is 7.78. The fraction of sp³-hybridized carbons (Fsp3) is 0.800. The molecule has 4 heteroatoms. The number of hydrogen-bond acceptors (Lipinski definition) is 3. The van der Waals surface area contributed by atoms with E-state index in [9.17, 15) is 4.79 Å². The molecular formula is C5H12N2OS. The fourth-order valence-electron chi connectivity index (χ4n) is 0.375. The van der Waals surface area contributed by atoms with E-state index in [1.807, 2.05) is 0 Å². The number of thioether (sulfide) groups is 1. The molecule has 0 aromatic rings. The second-order valence-corrected chi connectivity index (χ2v) is 2.70. The van der Waals surface area contributed by atoms with Crippen LogP contribution in [0.15, 0.2) is 0 Å². The summed E-state index contributed by atoms with van der Waals surface area (Å²) in [6.07, 6.45) is 0.711. The third-order valence-electron chi connectivity index (χ3n) is 0.736. The maximum Gasteiger partial charge on any atom is 0.207 e. The zero-order chi connectivity index (χ0) is 6.95. The first-order valence-electron chi connectivity index (χ1n) is 2.86. The van der Waals surface area contributed by atoms with Crippen molar-refractivity contribution in [3.63, 3.8) is 0 Å². The van der Waals surface area contributed by atoms with Crippen molar-refractivity contribution < 1.29 is 4.79 Å². The first-order valence-corrected chi connectivity index (χ1v) is 4.02. The molecule has 0 aromatic heterocycles. The summed E-state index contributed by atoms with van der Waals surface area (Å²) < 4.78 is 0. The van der Waals surface area contributed by atoms with Crippen LogP contribution in [-0.2, 0) is 4.79 Å². The number of rotatable bonds is 6. The molecule has 0 aliphatic heterocycles. The molecule has 3 N–H and O–H groups in total. The van der Waals surface area contributed by atoms with E-state index in [1.54, 1.807) is 11.8 Å². The van der Waals surface area contributed by atoms with Gasteiger partial charge in [-0.3, -0.25) is 4.79 Å². The van der Waals surface area contributed by atoms with Gasteiger partial charge in [-0.25, -0.2) is 0 Å². The molecule has 54 valence electrons. The lowest BCUT2D eigenvalue weighted by atomic mass is 10.8. The topological polar surface area (TPSA) is 55.1 Å². The van der Waals surface area contributed by atoms with E-state index in [-0.39, 0.29) is 0 Å². The van der Waals surface area contributed by atoms with Crippen molar-refractivity contribution in [1.29, 1.82) is 0 Å². The summed E-state index contributed by atoms with van der Waals surface area (Å²) in [4.78, 5) is 9.69. The average Bonchev–Trinajstić information content (AvgIpc) is 1.89. The molecule has 9 heavy (non-hydrogen) atoms. The number of nitrogens with one attached hydrogen (secondary N) is 1. The quantitative estimate of drug-likeness (QED) is 0.391. The lowest BCUT2D eigenvalue weighted by Gasteiger charge is -1.96. The second kappa shape index (κ2) is 7.78. The van der Waals surface area contributed by atoms with E-state index < -0.39 is 0 Å². The highest BCUT2D eigenvalue weighted by Gasteiger charge is 1.84. The molecule has 0 heterocycles. The van der Waals surface area contributed by atoms with Gasteiger partial charge in [0.15, 0.2) is 0 Å². The zero-order valence-corrected chi connectivity index (χ0v) is 6.12. The summed E-state index contributed by atoms with van der Waals surface area (Å²) in [5.74, 6) is 1.93. The molecule has 0 saturated heterocycles. The van der Waals surface area contributed by atoms with E-state index in [4.69, 9.17) is 5.73 Å². The van der Waals surface area contributed by atoms with E-state index in [2.05, 4.69) is 5.32 Å². The summed E-state index contributed by atoms with van der Waals surface area (Å²) in [6, 6.07) is 0. The van der Waals surface area contributed by atoms with E-state index in [0.717, 1.165) is 18.1 Å². The highest BCUT2D eigenvalue weighted by molar-refractivity contribution is 7.99. The van der Waals surface area contributed by atoms with Crippen molar-refractivity contribution >= 4 is 18.2 Å². The molecule has 0 aliphatic rings. The van der Waals surface area contributed by atoms with Crippen LogP contribution in [0.25, 0.3) is 0 Å². The van der Waals surface area contributed by atoms with E-state index in [0.29, 0.717) is 13.0 Å². The summed E-state index contributed by atoms with van der Waals surface area (Å²) in [5.41, 5.74) is 5.23. The smallest absolute Gasteiger partial charge is 0.207 e. The monoisotopic (exact) mass is 148 g/mol. The Hall–Kier alpha value is -0.220. The summed E-state index contributed by atoms with van der Waals surface area (Å²) in [6.45, 7) is 1.46. The van der Waals surface area contributed by atoms with Gasteiger partial charge in [-0.1, -0.05) is 0 Å². The minimum absolute atomic E-state index is 0.711. The van der Waals surface area contributed by atoms with Crippen molar-refractivity contribution in [3.8, 4) is 0 Å². The Bertz CT molecular complexity index is 70.0. The van der Waals surface area contributed by atoms with Gasteiger partial charge in [0, 0.05) is 24.6 Å². The Kier molecular flexibility index (Phi) is 7.59. The number of hydrogen-bond donors (Lipinski definition) is 2. The van der Waals surface area contributed by atoms with Crippen LogP contribution < -0.4 is 11.1 Å². The van der Waals surface area contributed by atoms with Gasteiger partial charge in [-0.05, 0) is 0 Å². The molecule has 0 radical (unpaired) electrons. The van der Waals surface area contributed by atoms with Gasteiger partial charge in [0.2, 0.25) is 6.41 Å². The predicted octanol–water partition coefficient (Wildman–Crippen LogP) is -0.576. The van der Waals surface area contributed by atoms with Crippen LogP contribution in [0, 0.1) is 0 Å². The number of amides is 1. The molecule has 0 saturated carbocycles. The van der Waals surface area contributed by atoms with Gasteiger partial charge in [-0.2, -0.15) is 11.8 Å². The number of carbonyl (C=O) groups is 1. The van der Waals surface area contributed by atoms with Crippen LogP contribution in [-0.4, -0.2) is 31.0 Å². The molecule has 0 fully saturated rings. The molecule has 0 aromatic carbocycles. The van der Waals surface area contributed by atoms with Crippen LogP contribution in [0.3, 0.4) is 0 Å². The fourth-order valence-corrected chi connectivity index (χ4v) is 1.01. The molecule has 3 nitrogen and oxygen atoms in total. The molecule has 0 aliphatic carbocycles. The molecule has 0 bridgehead atoms. The highest BCUT2D eigenvalue weighted by atomic mass is 32.2. The predicted molar refractivity (Wildman–Crippen MR) is 40.4 cm³/mol. The van der Waals surface area contributed by atoms with Crippen molar-refractivity contribution in [2.75, 3.05) is 24.6 Å². The maximum absolute atomic E-state index is 9.69. The molecule has 0 spiro atoms. The van der Waals surface area contributed by atoms with Gasteiger partial charge in [0.25, 0.3) is 0 Å². The molecule has 1 amide bonds. The Balaban J connectivity index is 2.66. The zero-order valence-electron chi connectivity index (χ0n) is 5.30. The van der Waals surface area contributed by atoms with Crippen molar-refractivity contribution in [3.05, 3.63) is 0 Å². The molecular weight excluding hydrogens is 136 g/mol. The minimum Gasteiger partial charge on any atom is -0.358 e.